The van der Waals surface area contributed by atoms with E-state index in [9.17, 15) is 9.59 Å². The standard InChI is InChI=1S/C19H22ClN5O2/c1-22-17-16(18(26)23(2)19(22)27)25-11-10-24(12-15(25)21-17)9-3-4-13-5-7-14(20)8-6-13/h5-8H,3-4,9-12H2,1-2H3. The van der Waals surface area contributed by atoms with E-state index < -0.39 is 0 Å². The fourth-order valence-corrected chi connectivity index (χ4v) is 3.85. The van der Waals surface area contributed by atoms with Crippen LogP contribution in [0.2, 0.25) is 5.02 Å². The number of aryl methyl sites for hydroxylation is 2. The quantitative estimate of drug-likeness (QED) is 0.681. The lowest BCUT2D eigenvalue weighted by atomic mass is 10.1. The molecule has 0 N–H and O–H groups in total. The van der Waals surface area contributed by atoms with E-state index >= 15 is 0 Å². The number of aromatic nitrogens is 4. The minimum atomic E-state index is -0.345. The van der Waals surface area contributed by atoms with Gasteiger partial charge in [0.1, 0.15) is 5.82 Å². The maximum Gasteiger partial charge on any atom is 0.332 e. The lowest BCUT2D eigenvalue weighted by molar-refractivity contribution is 0.217. The Morgan fingerprint density at radius 3 is 2.56 bits per heavy atom. The molecule has 0 aliphatic carbocycles. The maximum absolute atomic E-state index is 12.5. The van der Waals surface area contributed by atoms with Crippen molar-refractivity contribution in [3.05, 3.63) is 61.5 Å². The van der Waals surface area contributed by atoms with Crippen molar-refractivity contribution in [3.8, 4) is 0 Å². The van der Waals surface area contributed by atoms with Gasteiger partial charge in [-0.2, -0.15) is 0 Å². The smallest absolute Gasteiger partial charge is 0.320 e. The van der Waals surface area contributed by atoms with Crippen LogP contribution < -0.4 is 11.2 Å². The minimum absolute atomic E-state index is 0.275. The van der Waals surface area contributed by atoms with Crippen LogP contribution in [0.15, 0.2) is 33.9 Å². The Balaban J connectivity index is 1.51. The molecule has 3 aromatic rings. The number of rotatable bonds is 4. The lowest BCUT2D eigenvalue weighted by Crippen LogP contribution is -2.39. The summed E-state index contributed by atoms with van der Waals surface area (Å²) < 4.78 is 4.56. The molecule has 1 aliphatic rings. The number of imidazole rings is 1. The van der Waals surface area contributed by atoms with Crippen LogP contribution in [-0.4, -0.2) is 36.7 Å². The first kappa shape index (κ1) is 18.0. The molecule has 4 rings (SSSR count). The zero-order valence-corrected chi connectivity index (χ0v) is 16.2. The largest absolute Gasteiger partial charge is 0.332 e. The summed E-state index contributed by atoms with van der Waals surface area (Å²) in [5.41, 5.74) is 1.66. The molecule has 7 nitrogen and oxygen atoms in total. The highest BCUT2D eigenvalue weighted by Gasteiger charge is 2.23. The van der Waals surface area contributed by atoms with Crippen molar-refractivity contribution in [2.24, 2.45) is 14.1 Å². The van der Waals surface area contributed by atoms with Crippen LogP contribution in [0.4, 0.5) is 0 Å². The Morgan fingerprint density at radius 2 is 1.81 bits per heavy atom. The number of halogens is 1. The van der Waals surface area contributed by atoms with E-state index in [1.165, 1.54) is 17.2 Å². The number of nitrogens with zero attached hydrogens (tertiary/aromatic N) is 5. The van der Waals surface area contributed by atoms with Gasteiger partial charge in [-0.1, -0.05) is 23.7 Å². The molecular formula is C19H22ClN5O2. The maximum atomic E-state index is 12.5. The predicted molar refractivity (Wildman–Crippen MR) is 105 cm³/mol. The second-order valence-corrected chi connectivity index (χ2v) is 7.50. The summed E-state index contributed by atoms with van der Waals surface area (Å²) in [6.07, 6.45) is 2.04. The molecule has 2 aromatic heterocycles. The van der Waals surface area contributed by atoms with Crippen LogP contribution >= 0.6 is 11.6 Å². The molecule has 0 spiro atoms. The number of benzene rings is 1. The molecule has 3 heterocycles. The molecule has 142 valence electrons. The van der Waals surface area contributed by atoms with Gasteiger partial charge in [0.2, 0.25) is 0 Å². The average Bonchev–Trinajstić information content (AvgIpc) is 3.05. The molecule has 0 bridgehead atoms. The number of fused-ring (bicyclic) bond motifs is 3. The van der Waals surface area contributed by atoms with Gasteiger partial charge in [0.15, 0.2) is 11.2 Å². The van der Waals surface area contributed by atoms with Gasteiger partial charge in [-0.3, -0.25) is 18.8 Å². The number of hydrogen-bond donors (Lipinski definition) is 0. The Hall–Kier alpha value is -2.38. The first-order chi connectivity index (χ1) is 13.0. The highest BCUT2D eigenvalue weighted by molar-refractivity contribution is 6.30. The first-order valence-corrected chi connectivity index (χ1v) is 9.45. The van der Waals surface area contributed by atoms with Crippen molar-refractivity contribution in [3.63, 3.8) is 0 Å². The summed E-state index contributed by atoms with van der Waals surface area (Å²) in [5, 5.41) is 0.759. The van der Waals surface area contributed by atoms with Crippen molar-refractivity contribution < 1.29 is 0 Å². The third-order valence-corrected chi connectivity index (χ3v) is 5.54. The predicted octanol–water partition coefficient (Wildman–Crippen LogP) is 1.54. The van der Waals surface area contributed by atoms with E-state index in [4.69, 9.17) is 11.6 Å². The summed E-state index contributed by atoms with van der Waals surface area (Å²) in [6.45, 7) is 3.22. The fourth-order valence-electron chi connectivity index (χ4n) is 3.72. The Morgan fingerprint density at radius 1 is 1.07 bits per heavy atom. The zero-order chi connectivity index (χ0) is 19.1. The van der Waals surface area contributed by atoms with E-state index in [0.717, 1.165) is 41.3 Å². The van der Waals surface area contributed by atoms with Gasteiger partial charge >= 0.3 is 5.69 Å². The molecule has 1 aromatic carbocycles. The SMILES string of the molecule is Cn1c(=O)c2c(nc3n2CCN(CCCc2ccc(Cl)cc2)C3)n(C)c1=O. The number of hydrogen-bond acceptors (Lipinski definition) is 4. The highest BCUT2D eigenvalue weighted by atomic mass is 35.5. The monoisotopic (exact) mass is 387 g/mol. The molecule has 0 saturated carbocycles. The van der Waals surface area contributed by atoms with Gasteiger partial charge in [0.05, 0.1) is 6.54 Å². The molecule has 0 fully saturated rings. The van der Waals surface area contributed by atoms with Crippen LogP contribution in [0.3, 0.4) is 0 Å². The van der Waals surface area contributed by atoms with Gasteiger partial charge in [-0.25, -0.2) is 9.78 Å². The van der Waals surface area contributed by atoms with Crippen LogP contribution in [0.25, 0.3) is 11.2 Å². The summed E-state index contributed by atoms with van der Waals surface area (Å²) in [4.78, 5) is 31.6. The molecular weight excluding hydrogens is 366 g/mol. The molecule has 0 radical (unpaired) electrons. The van der Waals surface area contributed by atoms with E-state index in [2.05, 4.69) is 22.0 Å². The Bertz CT molecular complexity index is 1110. The minimum Gasteiger partial charge on any atom is -0.320 e. The van der Waals surface area contributed by atoms with E-state index in [1.807, 2.05) is 16.7 Å². The van der Waals surface area contributed by atoms with Crippen molar-refractivity contribution >= 4 is 22.8 Å². The molecule has 0 amide bonds. The van der Waals surface area contributed by atoms with E-state index in [1.54, 1.807) is 7.05 Å². The molecule has 0 unspecified atom stereocenters. The summed E-state index contributed by atoms with van der Waals surface area (Å²) in [5.74, 6) is 0.848. The Labute approximate surface area is 161 Å². The molecule has 27 heavy (non-hydrogen) atoms. The van der Waals surface area contributed by atoms with Crippen LogP contribution in [-0.2, 0) is 33.6 Å². The van der Waals surface area contributed by atoms with E-state index in [0.29, 0.717) is 24.3 Å². The van der Waals surface area contributed by atoms with E-state index in [-0.39, 0.29) is 11.2 Å². The molecule has 1 aliphatic heterocycles. The van der Waals surface area contributed by atoms with Gasteiger partial charge in [0.25, 0.3) is 5.56 Å². The highest BCUT2D eigenvalue weighted by Crippen LogP contribution is 2.18. The van der Waals surface area contributed by atoms with Gasteiger partial charge < -0.3 is 4.57 Å². The third-order valence-electron chi connectivity index (χ3n) is 5.28. The second kappa shape index (κ2) is 6.98. The summed E-state index contributed by atoms with van der Waals surface area (Å²) in [7, 11) is 3.17. The molecule has 8 heteroatoms. The van der Waals surface area contributed by atoms with Crippen molar-refractivity contribution in [2.45, 2.75) is 25.9 Å². The molecule has 0 saturated heterocycles. The third kappa shape index (κ3) is 3.21. The van der Waals surface area contributed by atoms with Gasteiger partial charge in [-0.15, -0.1) is 0 Å². The summed E-state index contributed by atoms with van der Waals surface area (Å²) in [6, 6.07) is 7.97. The second-order valence-electron chi connectivity index (χ2n) is 7.06. The van der Waals surface area contributed by atoms with Gasteiger partial charge in [0, 0.05) is 32.2 Å². The first-order valence-electron chi connectivity index (χ1n) is 9.07. The van der Waals surface area contributed by atoms with Gasteiger partial charge in [-0.05, 0) is 37.1 Å². The molecule has 0 atom stereocenters. The zero-order valence-electron chi connectivity index (χ0n) is 15.5. The van der Waals surface area contributed by atoms with Crippen molar-refractivity contribution in [1.82, 2.24) is 23.6 Å². The van der Waals surface area contributed by atoms with Crippen molar-refractivity contribution in [2.75, 3.05) is 13.1 Å². The Kier molecular flexibility index (Phi) is 4.65. The van der Waals surface area contributed by atoms with Crippen LogP contribution in [0, 0.1) is 0 Å². The summed E-state index contributed by atoms with van der Waals surface area (Å²) >= 11 is 5.93. The average molecular weight is 388 g/mol. The van der Waals surface area contributed by atoms with Crippen LogP contribution in [0.1, 0.15) is 17.8 Å². The normalized spacial score (nSPS) is 14.6. The fraction of sp³-hybridized carbons (Fsp3) is 0.421. The van der Waals surface area contributed by atoms with Crippen LogP contribution in [0.5, 0.6) is 0 Å². The topological polar surface area (TPSA) is 65.1 Å². The van der Waals surface area contributed by atoms with Crippen molar-refractivity contribution in [1.29, 1.82) is 0 Å². The lowest BCUT2D eigenvalue weighted by Gasteiger charge is -2.27.